The third kappa shape index (κ3) is 3.62. The molecule has 1 saturated carbocycles. The van der Waals surface area contributed by atoms with E-state index >= 15 is 0 Å². The molecule has 33 heavy (non-hydrogen) atoms. The minimum absolute atomic E-state index is 0.0183. The van der Waals surface area contributed by atoms with Crippen molar-refractivity contribution in [3.8, 4) is 0 Å². The number of benzene rings is 2. The molecule has 1 spiro atoms. The van der Waals surface area contributed by atoms with Crippen LogP contribution >= 0.6 is 0 Å². The minimum atomic E-state index is -0.581. The number of hydrogen-bond acceptors (Lipinski definition) is 3. The summed E-state index contributed by atoms with van der Waals surface area (Å²) in [7, 11) is 0. The van der Waals surface area contributed by atoms with E-state index in [2.05, 4.69) is 0 Å². The predicted octanol–water partition coefficient (Wildman–Crippen LogP) is 3.86. The molecular weight excluding hydrogens is 414 g/mol. The molecule has 2 aromatic rings. The SMILES string of the molecule is NC(=O)C1CCN(C(=O)C2c3ccccc3C(=O)N(c3ccccc3)C23CCCCC3)CC1. The Bertz CT molecular complexity index is 1050. The van der Waals surface area contributed by atoms with Crippen LogP contribution in [0.15, 0.2) is 54.6 Å². The van der Waals surface area contributed by atoms with E-state index in [1.165, 1.54) is 0 Å². The first-order valence-electron chi connectivity index (χ1n) is 12.1. The van der Waals surface area contributed by atoms with Crippen molar-refractivity contribution in [2.24, 2.45) is 11.7 Å². The first kappa shape index (κ1) is 21.7. The molecule has 1 aliphatic carbocycles. The van der Waals surface area contributed by atoms with Crippen molar-refractivity contribution in [1.29, 1.82) is 0 Å². The van der Waals surface area contributed by atoms with E-state index in [0.717, 1.165) is 43.4 Å². The zero-order valence-electron chi connectivity index (χ0n) is 18.9. The first-order valence-corrected chi connectivity index (χ1v) is 12.1. The molecule has 2 aliphatic heterocycles. The number of carbonyl (C=O) groups is 3. The number of para-hydroxylation sites is 1. The van der Waals surface area contributed by atoms with Crippen LogP contribution in [0.4, 0.5) is 5.69 Å². The normalized spacial score (nSPS) is 22.8. The molecule has 5 rings (SSSR count). The fourth-order valence-corrected chi connectivity index (χ4v) is 6.24. The van der Waals surface area contributed by atoms with Gasteiger partial charge in [0.1, 0.15) is 0 Å². The van der Waals surface area contributed by atoms with Crippen LogP contribution in [0.2, 0.25) is 0 Å². The van der Waals surface area contributed by atoms with Crippen LogP contribution in [-0.2, 0) is 9.59 Å². The summed E-state index contributed by atoms with van der Waals surface area (Å²) in [4.78, 5) is 43.6. The van der Waals surface area contributed by atoms with Crippen LogP contribution in [-0.4, -0.2) is 41.2 Å². The largest absolute Gasteiger partial charge is 0.369 e. The number of primary amides is 1. The summed E-state index contributed by atoms with van der Waals surface area (Å²) in [6.45, 7) is 1.06. The maximum absolute atomic E-state index is 14.2. The number of likely N-dealkylation sites (tertiary alicyclic amines) is 1. The van der Waals surface area contributed by atoms with E-state index < -0.39 is 11.5 Å². The lowest BCUT2D eigenvalue weighted by Crippen LogP contribution is -2.63. The van der Waals surface area contributed by atoms with Crippen LogP contribution in [0.25, 0.3) is 0 Å². The molecule has 2 N–H and O–H groups in total. The number of hydrogen-bond donors (Lipinski definition) is 1. The topological polar surface area (TPSA) is 83.7 Å². The summed E-state index contributed by atoms with van der Waals surface area (Å²) in [5, 5.41) is 0. The fraction of sp³-hybridized carbons (Fsp3) is 0.444. The number of amides is 3. The van der Waals surface area contributed by atoms with Crippen molar-refractivity contribution in [1.82, 2.24) is 4.90 Å². The maximum atomic E-state index is 14.2. The van der Waals surface area contributed by atoms with Gasteiger partial charge in [0.2, 0.25) is 11.8 Å². The molecule has 0 bridgehead atoms. The summed E-state index contributed by atoms with van der Waals surface area (Å²) in [6.07, 6.45) is 5.91. The predicted molar refractivity (Wildman–Crippen MR) is 127 cm³/mol. The summed E-state index contributed by atoms with van der Waals surface area (Å²) >= 11 is 0. The van der Waals surface area contributed by atoms with Crippen molar-refractivity contribution < 1.29 is 14.4 Å². The summed E-state index contributed by atoms with van der Waals surface area (Å²) in [5.41, 5.74) is 7.25. The van der Waals surface area contributed by atoms with Gasteiger partial charge in [-0.05, 0) is 49.4 Å². The fourth-order valence-electron chi connectivity index (χ4n) is 6.24. The van der Waals surface area contributed by atoms with Crippen LogP contribution in [0.1, 0.15) is 66.8 Å². The van der Waals surface area contributed by atoms with Gasteiger partial charge < -0.3 is 15.5 Å². The molecule has 2 fully saturated rings. The van der Waals surface area contributed by atoms with E-state index in [4.69, 9.17) is 5.73 Å². The van der Waals surface area contributed by atoms with Crippen LogP contribution < -0.4 is 10.6 Å². The van der Waals surface area contributed by atoms with Gasteiger partial charge in [0.25, 0.3) is 5.91 Å². The number of nitrogens with zero attached hydrogens (tertiary/aromatic N) is 2. The minimum Gasteiger partial charge on any atom is -0.369 e. The van der Waals surface area contributed by atoms with E-state index in [-0.39, 0.29) is 23.6 Å². The molecule has 0 aromatic heterocycles. The number of nitrogens with two attached hydrogens (primary N) is 1. The molecule has 1 atom stereocenters. The number of anilines is 1. The summed E-state index contributed by atoms with van der Waals surface area (Å²) in [6, 6.07) is 17.4. The Kier molecular flexibility index (Phi) is 5.69. The van der Waals surface area contributed by atoms with Crippen molar-refractivity contribution in [3.05, 3.63) is 65.7 Å². The standard InChI is InChI=1S/C27H31N3O3/c28-24(31)19-13-17-29(18-14-19)26(33)23-21-11-5-6-12-22(21)25(32)30(20-9-3-1-4-10-20)27(23)15-7-2-8-16-27/h1,3-6,9-12,19,23H,2,7-8,13-18H2,(H2,28,31). The van der Waals surface area contributed by atoms with Gasteiger partial charge in [-0.1, -0.05) is 55.7 Å². The van der Waals surface area contributed by atoms with Gasteiger partial charge in [-0.25, -0.2) is 0 Å². The second-order valence-corrected chi connectivity index (χ2v) is 9.66. The number of fused-ring (bicyclic) bond motifs is 1. The monoisotopic (exact) mass is 445 g/mol. The lowest BCUT2D eigenvalue weighted by molar-refractivity contribution is -0.138. The Morgan fingerprint density at radius 2 is 1.52 bits per heavy atom. The Morgan fingerprint density at radius 1 is 0.879 bits per heavy atom. The second kappa shape index (κ2) is 8.65. The van der Waals surface area contributed by atoms with Gasteiger partial charge in [0.05, 0.1) is 11.5 Å². The quantitative estimate of drug-likeness (QED) is 0.779. The van der Waals surface area contributed by atoms with Crippen LogP contribution in [0.3, 0.4) is 0 Å². The van der Waals surface area contributed by atoms with E-state index in [9.17, 15) is 14.4 Å². The highest BCUT2D eigenvalue weighted by Crippen LogP contribution is 2.51. The highest BCUT2D eigenvalue weighted by atomic mass is 16.2. The van der Waals surface area contributed by atoms with Gasteiger partial charge in [-0.3, -0.25) is 14.4 Å². The number of rotatable bonds is 3. The highest BCUT2D eigenvalue weighted by Gasteiger charge is 2.56. The first-order chi connectivity index (χ1) is 16.0. The Balaban J connectivity index is 1.61. The Hall–Kier alpha value is -3.15. The molecule has 2 aromatic carbocycles. The number of carbonyl (C=O) groups excluding carboxylic acids is 3. The van der Waals surface area contributed by atoms with Gasteiger partial charge in [-0.15, -0.1) is 0 Å². The van der Waals surface area contributed by atoms with Crippen LogP contribution in [0, 0.1) is 5.92 Å². The van der Waals surface area contributed by atoms with Gasteiger partial charge in [-0.2, -0.15) is 0 Å². The van der Waals surface area contributed by atoms with E-state index in [1.54, 1.807) is 0 Å². The average Bonchev–Trinajstić information content (AvgIpc) is 2.85. The maximum Gasteiger partial charge on any atom is 0.259 e. The van der Waals surface area contributed by atoms with Gasteiger partial charge in [0.15, 0.2) is 0 Å². The molecule has 3 aliphatic rings. The Morgan fingerprint density at radius 3 is 2.18 bits per heavy atom. The third-order valence-electron chi connectivity index (χ3n) is 7.88. The molecule has 6 nitrogen and oxygen atoms in total. The molecule has 2 heterocycles. The van der Waals surface area contributed by atoms with Crippen molar-refractivity contribution in [3.63, 3.8) is 0 Å². The molecule has 1 unspecified atom stereocenters. The molecular formula is C27H31N3O3. The molecule has 3 amide bonds. The Labute approximate surface area is 194 Å². The molecule has 172 valence electrons. The van der Waals surface area contributed by atoms with Crippen molar-refractivity contribution in [2.75, 3.05) is 18.0 Å². The third-order valence-corrected chi connectivity index (χ3v) is 7.88. The van der Waals surface area contributed by atoms with Crippen LogP contribution in [0.5, 0.6) is 0 Å². The van der Waals surface area contributed by atoms with Gasteiger partial charge in [0, 0.05) is 30.3 Å². The number of piperidine rings is 1. The molecule has 0 radical (unpaired) electrons. The zero-order valence-corrected chi connectivity index (χ0v) is 18.9. The summed E-state index contributed by atoms with van der Waals surface area (Å²) < 4.78 is 0. The zero-order chi connectivity index (χ0) is 23.0. The lowest BCUT2D eigenvalue weighted by atomic mass is 9.64. The second-order valence-electron chi connectivity index (χ2n) is 9.66. The van der Waals surface area contributed by atoms with E-state index in [1.807, 2.05) is 64.4 Å². The molecule has 1 saturated heterocycles. The van der Waals surface area contributed by atoms with Crippen molar-refractivity contribution >= 4 is 23.4 Å². The summed E-state index contributed by atoms with van der Waals surface area (Å²) in [5.74, 6) is -0.818. The molecule has 6 heteroatoms. The average molecular weight is 446 g/mol. The van der Waals surface area contributed by atoms with Crippen molar-refractivity contribution in [2.45, 2.75) is 56.4 Å². The highest BCUT2D eigenvalue weighted by molar-refractivity contribution is 6.12. The smallest absolute Gasteiger partial charge is 0.259 e. The van der Waals surface area contributed by atoms with Gasteiger partial charge >= 0.3 is 0 Å². The lowest BCUT2D eigenvalue weighted by Gasteiger charge is -2.54. The van der Waals surface area contributed by atoms with E-state index in [0.29, 0.717) is 31.5 Å².